The third-order valence-corrected chi connectivity index (χ3v) is 5.82. The maximum Gasteiger partial charge on any atom is 0.306 e. The zero-order valence-corrected chi connectivity index (χ0v) is 17.0. The second-order valence-electron chi connectivity index (χ2n) is 8.08. The minimum Gasteiger partial charge on any atom is -0.462 e. The Morgan fingerprint density at radius 1 is 1.15 bits per heavy atom. The van der Waals surface area contributed by atoms with Gasteiger partial charge in [-0.15, -0.1) is 0 Å². The molecule has 1 saturated heterocycles. The molecule has 2 aliphatic rings. The highest BCUT2D eigenvalue weighted by Gasteiger charge is 2.33. The van der Waals surface area contributed by atoms with Gasteiger partial charge >= 0.3 is 5.97 Å². The first-order chi connectivity index (χ1) is 13.2. The van der Waals surface area contributed by atoms with Crippen LogP contribution < -0.4 is 0 Å². The Labute approximate surface area is 165 Å². The van der Waals surface area contributed by atoms with Gasteiger partial charge in [0.25, 0.3) is 0 Å². The zero-order chi connectivity index (χ0) is 19.3. The number of rotatable bonds is 11. The number of aliphatic hydroxyl groups is 1. The molecular weight excluding hydrogens is 336 g/mol. The fourth-order valence-corrected chi connectivity index (χ4v) is 4.17. The van der Waals surface area contributed by atoms with Gasteiger partial charge in [0, 0.05) is 12.3 Å². The Morgan fingerprint density at radius 3 is 2.74 bits per heavy atom. The molecular formula is C24H38O3. The molecule has 1 aliphatic carbocycles. The van der Waals surface area contributed by atoms with E-state index in [2.05, 4.69) is 31.2 Å². The predicted octanol–water partition coefficient (Wildman–Crippen LogP) is 5.89. The first kappa shape index (κ1) is 21.9. The van der Waals surface area contributed by atoms with Crippen molar-refractivity contribution < 1.29 is 14.6 Å². The standard InChI is InChI=1S/C24H38O3/c1-2-3-4-5-6-7-15-21(25)16-10-8-13-20-14-9-11-17-22(20)23-18-12-19-24(26)27-23/h8-11,13,16,20-23,25H,2-7,12,14-15,17-19H2,1H3/b13-8+,16-10+/t20-,21?,22+,23?/m1/s1. The van der Waals surface area contributed by atoms with Crippen LogP contribution >= 0.6 is 0 Å². The lowest BCUT2D eigenvalue weighted by atomic mass is 9.77. The van der Waals surface area contributed by atoms with Crippen LogP contribution in [0.1, 0.15) is 84.0 Å². The molecule has 2 unspecified atom stereocenters. The minimum atomic E-state index is -0.345. The first-order valence-corrected chi connectivity index (χ1v) is 11.1. The van der Waals surface area contributed by atoms with Gasteiger partial charge in [0.1, 0.15) is 6.10 Å². The van der Waals surface area contributed by atoms with E-state index in [-0.39, 0.29) is 18.2 Å². The molecule has 0 spiro atoms. The number of unbranched alkanes of at least 4 members (excludes halogenated alkanes) is 5. The van der Waals surface area contributed by atoms with Crippen molar-refractivity contribution in [3.63, 3.8) is 0 Å². The van der Waals surface area contributed by atoms with E-state index in [1.54, 1.807) is 0 Å². The smallest absolute Gasteiger partial charge is 0.306 e. The van der Waals surface area contributed by atoms with Gasteiger partial charge in [0.2, 0.25) is 0 Å². The molecule has 152 valence electrons. The van der Waals surface area contributed by atoms with Gasteiger partial charge in [-0.3, -0.25) is 4.79 Å². The molecule has 0 aromatic carbocycles. The monoisotopic (exact) mass is 374 g/mol. The van der Waals surface area contributed by atoms with E-state index >= 15 is 0 Å². The van der Waals surface area contributed by atoms with Crippen molar-refractivity contribution in [2.24, 2.45) is 11.8 Å². The van der Waals surface area contributed by atoms with Crippen molar-refractivity contribution in [2.45, 2.75) is 96.2 Å². The Hall–Kier alpha value is -1.35. The molecule has 0 aromatic rings. The van der Waals surface area contributed by atoms with Crippen molar-refractivity contribution in [3.8, 4) is 0 Å². The summed E-state index contributed by atoms with van der Waals surface area (Å²) in [6.45, 7) is 2.23. The average molecular weight is 375 g/mol. The summed E-state index contributed by atoms with van der Waals surface area (Å²) in [5.74, 6) is 0.754. The number of hydrogen-bond donors (Lipinski definition) is 1. The van der Waals surface area contributed by atoms with E-state index in [4.69, 9.17) is 4.74 Å². The summed E-state index contributed by atoms with van der Waals surface area (Å²) < 4.78 is 5.62. The molecule has 3 heteroatoms. The average Bonchev–Trinajstić information content (AvgIpc) is 2.68. The molecule has 1 heterocycles. The van der Waals surface area contributed by atoms with Crippen molar-refractivity contribution in [3.05, 3.63) is 36.5 Å². The quantitative estimate of drug-likeness (QED) is 0.212. The SMILES string of the molecule is CCCCCCCCC(O)/C=C/C=C/[C@@H]1CC=CC[C@@H]1C1CCCC(=O)O1. The molecule has 0 radical (unpaired) electrons. The van der Waals surface area contributed by atoms with E-state index in [1.165, 1.54) is 32.1 Å². The van der Waals surface area contributed by atoms with Gasteiger partial charge in [-0.1, -0.05) is 81.9 Å². The summed E-state index contributed by atoms with van der Waals surface area (Å²) in [5.41, 5.74) is 0. The fourth-order valence-electron chi connectivity index (χ4n) is 4.17. The second kappa shape index (κ2) is 12.9. The molecule has 0 bridgehead atoms. The number of aliphatic hydroxyl groups excluding tert-OH is 1. The first-order valence-electron chi connectivity index (χ1n) is 11.1. The molecule has 27 heavy (non-hydrogen) atoms. The lowest BCUT2D eigenvalue weighted by Gasteiger charge is -2.35. The molecule has 1 fully saturated rings. The summed E-state index contributed by atoms with van der Waals surface area (Å²) in [6, 6.07) is 0. The minimum absolute atomic E-state index is 0.0405. The molecule has 2 rings (SSSR count). The Morgan fingerprint density at radius 2 is 1.93 bits per heavy atom. The van der Waals surface area contributed by atoms with E-state index in [0.29, 0.717) is 18.3 Å². The summed E-state index contributed by atoms with van der Waals surface area (Å²) in [4.78, 5) is 11.6. The summed E-state index contributed by atoms with van der Waals surface area (Å²) in [5, 5.41) is 10.1. The largest absolute Gasteiger partial charge is 0.462 e. The van der Waals surface area contributed by atoms with Crippen LogP contribution in [0.15, 0.2) is 36.5 Å². The molecule has 0 saturated carbocycles. The molecule has 4 atom stereocenters. The van der Waals surface area contributed by atoms with Crippen LogP contribution in [-0.4, -0.2) is 23.3 Å². The highest BCUT2D eigenvalue weighted by molar-refractivity contribution is 5.70. The third kappa shape index (κ3) is 8.47. The highest BCUT2D eigenvalue weighted by Crippen LogP contribution is 2.34. The van der Waals surface area contributed by atoms with Crippen LogP contribution in [0.4, 0.5) is 0 Å². The second-order valence-corrected chi connectivity index (χ2v) is 8.08. The van der Waals surface area contributed by atoms with E-state index in [0.717, 1.165) is 38.5 Å². The number of cyclic esters (lactones) is 1. The van der Waals surface area contributed by atoms with E-state index in [1.807, 2.05) is 12.2 Å². The van der Waals surface area contributed by atoms with Crippen LogP contribution in [0, 0.1) is 11.8 Å². The molecule has 0 aromatic heterocycles. The number of esters is 1. The maximum absolute atomic E-state index is 11.6. The summed E-state index contributed by atoms with van der Waals surface area (Å²) >= 11 is 0. The van der Waals surface area contributed by atoms with Crippen LogP contribution in [0.25, 0.3) is 0 Å². The Kier molecular flexibility index (Phi) is 10.5. The zero-order valence-electron chi connectivity index (χ0n) is 17.0. The lowest BCUT2D eigenvalue weighted by Crippen LogP contribution is -2.35. The van der Waals surface area contributed by atoms with Gasteiger partial charge < -0.3 is 9.84 Å². The van der Waals surface area contributed by atoms with Crippen LogP contribution in [0.5, 0.6) is 0 Å². The summed E-state index contributed by atoms with van der Waals surface area (Å²) in [7, 11) is 0. The van der Waals surface area contributed by atoms with Crippen molar-refractivity contribution >= 4 is 5.97 Å². The fraction of sp³-hybridized carbons (Fsp3) is 0.708. The Balaban J connectivity index is 1.71. The number of ether oxygens (including phenoxy) is 1. The van der Waals surface area contributed by atoms with Gasteiger partial charge in [-0.05, 0) is 38.0 Å². The summed E-state index contributed by atoms with van der Waals surface area (Å²) in [6.07, 6.45) is 25.2. The van der Waals surface area contributed by atoms with Gasteiger partial charge in [-0.25, -0.2) is 0 Å². The molecule has 1 N–H and O–H groups in total. The number of carbonyl (C=O) groups excluding carboxylic acids is 1. The van der Waals surface area contributed by atoms with Crippen LogP contribution in [0.2, 0.25) is 0 Å². The van der Waals surface area contributed by atoms with Crippen molar-refractivity contribution in [1.29, 1.82) is 0 Å². The topological polar surface area (TPSA) is 46.5 Å². The van der Waals surface area contributed by atoms with Gasteiger partial charge in [-0.2, -0.15) is 0 Å². The normalized spacial score (nSPS) is 27.3. The van der Waals surface area contributed by atoms with Crippen LogP contribution in [0.3, 0.4) is 0 Å². The number of hydrogen-bond acceptors (Lipinski definition) is 3. The van der Waals surface area contributed by atoms with Gasteiger partial charge in [0.15, 0.2) is 0 Å². The van der Waals surface area contributed by atoms with Crippen molar-refractivity contribution in [2.75, 3.05) is 0 Å². The predicted molar refractivity (Wildman–Crippen MR) is 111 cm³/mol. The number of carbonyl (C=O) groups is 1. The number of allylic oxidation sites excluding steroid dienone is 5. The van der Waals surface area contributed by atoms with E-state index < -0.39 is 0 Å². The van der Waals surface area contributed by atoms with Crippen molar-refractivity contribution in [1.82, 2.24) is 0 Å². The van der Waals surface area contributed by atoms with E-state index in [9.17, 15) is 9.90 Å². The lowest BCUT2D eigenvalue weighted by molar-refractivity contribution is -0.158. The van der Waals surface area contributed by atoms with Crippen LogP contribution in [-0.2, 0) is 9.53 Å². The maximum atomic E-state index is 11.6. The molecule has 1 aliphatic heterocycles. The van der Waals surface area contributed by atoms with Gasteiger partial charge in [0.05, 0.1) is 6.10 Å². The third-order valence-electron chi connectivity index (χ3n) is 5.82. The molecule has 0 amide bonds. The molecule has 3 nitrogen and oxygen atoms in total. The Bertz CT molecular complexity index is 506. The highest BCUT2D eigenvalue weighted by atomic mass is 16.5.